The van der Waals surface area contributed by atoms with E-state index in [-0.39, 0.29) is 12.2 Å². The normalized spacial score (nSPS) is 12.5. The molecule has 0 heterocycles. The van der Waals surface area contributed by atoms with Crippen molar-refractivity contribution in [3.63, 3.8) is 0 Å². The van der Waals surface area contributed by atoms with E-state index >= 15 is 0 Å². The minimum Gasteiger partial charge on any atom is -0.484 e. The van der Waals surface area contributed by atoms with Crippen molar-refractivity contribution >= 4 is 11.9 Å². The third kappa shape index (κ3) is 5.63. The van der Waals surface area contributed by atoms with Gasteiger partial charge in [0.25, 0.3) is 5.91 Å². The van der Waals surface area contributed by atoms with E-state index in [1.807, 2.05) is 0 Å². The quantitative estimate of drug-likeness (QED) is 0.809. The molecule has 0 fully saturated rings. The minimum atomic E-state index is -4.50. The molecule has 0 aliphatic carbocycles. The minimum absolute atomic E-state index is 0.118. The SMILES string of the molecule is CCCC(NC(=O)COc1cccc(C(F)(F)F)c1)C(=O)O. The maximum absolute atomic E-state index is 12.5. The summed E-state index contributed by atoms with van der Waals surface area (Å²) in [6, 6.07) is 3.06. The first-order valence-electron chi connectivity index (χ1n) is 6.56. The number of halogens is 3. The number of amides is 1. The summed E-state index contributed by atoms with van der Waals surface area (Å²) in [6.07, 6.45) is -3.69. The molecule has 22 heavy (non-hydrogen) atoms. The fourth-order valence-corrected chi connectivity index (χ4v) is 1.69. The predicted octanol–water partition coefficient (Wildman–Crippen LogP) is 2.45. The van der Waals surface area contributed by atoms with E-state index in [1.54, 1.807) is 6.92 Å². The first-order valence-corrected chi connectivity index (χ1v) is 6.56. The summed E-state index contributed by atoms with van der Waals surface area (Å²) in [5.41, 5.74) is -0.889. The van der Waals surface area contributed by atoms with Crippen molar-refractivity contribution in [2.75, 3.05) is 6.61 Å². The molecular formula is C14H16F3NO4. The van der Waals surface area contributed by atoms with Crippen molar-refractivity contribution in [2.24, 2.45) is 0 Å². The van der Waals surface area contributed by atoms with E-state index in [9.17, 15) is 22.8 Å². The average Bonchev–Trinajstić information content (AvgIpc) is 2.44. The van der Waals surface area contributed by atoms with E-state index in [0.29, 0.717) is 6.42 Å². The summed E-state index contributed by atoms with van der Waals surface area (Å²) in [6.45, 7) is 1.20. The number of carboxylic acid groups (broad SMARTS) is 1. The van der Waals surface area contributed by atoms with Gasteiger partial charge in [-0.05, 0) is 24.6 Å². The van der Waals surface area contributed by atoms with Gasteiger partial charge in [0.2, 0.25) is 0 Å². The molecule has 8 heteroatoms. The Labute approximate surface area is 125 Å². The second-order valence-electron chi connectivity index (χ2n) is 4.56. The summed E-state index contributed by atoms with van der Waals surface area (Å²) in [4.78, 5) is 22.4. The second kappa shape index (κ2) is 7.67. The van der Waals surface area contributed by atoms with Crippen molar-refractivity contribution in [2.45, 2.75) is 32.0 Å². The van der Waals surface area contributed by atoms with Gasteiger partial charge in [0.1, 0.15) is 11.8 Å². The van der Waals surface area contributed by atoms with Gasteiger partial charge in [-0.25, -0.2) is 4.79 Å². The zero-order chi connectivity index (χ0) is 16.8. The fourth-order valence-electron chi connectivity index (χ4n) is 1.69. The Morgan fingerprint density at radius 3 is 2.59 bits per heavy atom. The molecule has 0 saturated carbocycles. The number of benzene rings is 1. The van der Waals surface area contributed by atoms with Crippen LogP contribution in [0.2, 0.25) is 0 Å². The number of alkyl halides is 3. The van der Waals surface area contributed by atoms with Gasteiger partial charge in [0.15, 0.2) is 6.61 Å². The lowest BCUT2D eigenvalue weighted by atomic mass is 10.2. The van der Waals surface area contributed by atoms with Gasteiger partial charge in [-0.1, -0.05) is 19.4 Å². The summed E-state index contributed by atoms with van der Waals surface area (Å²) in [7, 11) is 0. The smallest absolute Gasteiger partial charge is 0.416 e. The van der Waals surface area contributed by atoms with Gasteiger partial charge in [0, 0.05) is 0 Å². The van der Waals surface area contributed by atoms with Crippen LogP contribution in [0.5, 0.6) is 5.75 Å². The van der Waals surface area contributed by atoms with Gasteiger partial charge in [-0.2, -0.15) is 13.2 Å². The summed E-state index contributed by atoms with van der Waals surface area (Å²) in [5.74, 6) is -2.00. The number of aliphatic carboxylic acids is 1. The number of carbonyl (C=O) groups excluding carboxylic acids is 1. The Kier molecular flexibility index (Phi) is 6.21. The summed E-state index contributed by atoms with van der Waals surface area (Å²) >= 11 is 0. The Balaban J connectivity index is 2.59. The highest BCUT2D eigenvalue weighted by Gasteiger charge is 2.30. The van der Waals surface area contributed by atoms with Crippen LogP contribution in [0.15, 0.2) is 24.3 Å². The Hall–Kier alpha value is -2.25. The number of rotatable bonds is 7. The molecule has 0 saturated heterocycles. The van der Waals surface area contributed by atoms with E-state index < -0.39 is 36.3 Å². The van der Waals surface area contributed by atoms with Crippen LogP contribution in [0.4, 0.5) is 13.2 Å². The van der Waals surface area contributed by atoms with Gasteiger partial charge in [0.05, 0.1) is 5.56 Å². The zero-order valence-electron chi connectivity index (χ0n) is 11.8. The standard InChI is InChI=1S/C14H16F3NO4/c1-2-4-11(13(20)21)18-12(19)8-22-10-6-3-5-9(7-10)14(15,16)17/h3,5-7,11H,2,4,8H2,1H3,(H,18,19)(H,20,21). The Bertz CT molecular complexity index is 531. The van der Waals surface area contributed by atoms with Crippen LogP contribution >= 0.6 is 0 Å². The first kappa shape index (κ1) is 17.8. The number of ether oxygens (including phenoxy) is 1. The van der Waals surface area contributed by atoms with Crippen molar-refractivity contribution in [1.29, 1.82) is 0 Å². The molecule has 1 amide bonds. The first-order chi connectivity index (χ1) is 10.2. The third-order valence-electron chi connectivity index (χ3n) is 2.74. The molecule has 1 unspecified atom stereocenters. The van der Waals surface area contributed by atoms with Crippen LogP contribution < -0.4 is 10.1 Å². The lowest BCUT2D eigenvalue weighted by Crippen LogP contribution is -2.42. The van der Waals surface area contributed by atoms with Gasteiger partial charge < -0.3 is 15.2 Å². The average molecular weight is 319 g/mol. The topological polar surface area (TPSA) is 75.6 Å². The van der Waals surface area contributed by atoms with Gasteiger partial charge >= 0.3 is 12.1 Å². The molecule has 1 rings (SSSR count). The molecule has 1 aromatic carbocycles. The van der Waals surface area contributed by atoms with Crippen LogP contribution in [-0.4, -0.2) is 29.6 Å². The van der Waals surface area contributed by atoms with Crippen molar-refractivity contribution < 1.29 is 32.6 Å². The monoisotopic (exact) mass is 319 g/mol. The Morgan fingerprint density at radius 2 is 2.05 bits per heavy atom. The fraction of sp³-hybridized carbons (Fsp3) is 0.429. The van der Waals surface area contributed by atoms with E-state index in [1.165, 1.54) is 6.07 Å². The molecule has 0 aliphatic rings. The molecule has 0 spiro atoms. The van der Waals surface area contributed by atoms with Crippen LogP contribution in [0, 0.1) is 0 Å². The Morgan fingerprint density at radius 1 is 1.36 bits per heavy atom. The molecule has 0 aliphatic heterocycles. The number of hydrogen-bond acceptors (Lipinski definition) is 3. The molecule has 0 aromatic heterocycles. The molecule has 0 radical (unpaired) electrons. The molecule has 5 nitrogen and oxygen atoms in total. The molecule has 2 N–H and O–H groups in total. The van der Waals surface area contributed by atoms with Crippen LogP contribution in [0.3, 0.4) is 0 Å². The highest BCUT2D eigenvalue weighted by atomic mass is 19.4. The van der Waals surface area contributed by atoms with Crippen LogP contribution in [-0.2, 0) is 15.8 Å². The van der Waals surface area contributed by atoms with Gasteiger partial charge in [-0.3, -0.25) is 4.79 Å². The van der Waals surface area contributed by atoms with E-state index in [0.717, 1.165) is 18.2 Å². The van der Waals surface area contributed by atoms with Crippen molar-refractivity contribution in [3.05, 3.63) is 29.8 Å². The molecule has 0 bridgehead atoms. The molecular weight excluding hydrogens is 303 g/mol. The highest BCUT2D eigenvalue weighted by Crippen LogP contribution is 2.31. The second-order valence-corrected chi connectivity index (χ2v) is 4.56. The predicted molar refractivity (Wildman–Crippen MR) is 71.4 cm³/mol. The maximum atomic E-state index is 12.5. The molecule has 1 atom stereocenters. The van der Waals surface area contributed by atoms with Crippen LogP contribution in [0.1, 0.15) is 25.3 Å². The zero-order valence-corrected chi connectivity index (χ0v) is 11.8. The third-order valence-corrected chi connectivity index (χ3v) is 2.74. The number of nitrogens with one attached hydrogen (secondary N) is 1. The lowest BCUT2D eigenvalue weighted by molar-refractivity contribution is -0.142. The van der Waals surface area contributed by atoms with Crippen LogP contribution in [0.25, 0.3) is 0 Å². The van der Waals surface area contributed by atoms with Crippen molar-refractivity contribution in [1.82, 2.24) is 5.32 Å². The summed E-state index contributed by atoms with van der Waals surface area (Å²) < 4.78 is 42.5. The lowest BCUT2D eigenvalue weighted by Gasteiger charge is -2.14. The summed E-state index contributed by atoms with van der Waals surface area (Å²) in [5, 5.41) is 11.1. The number of hydrogen-bond donors (Lipinski definition) is 2. The maximum Gasteiger partial charge on any atom is 0.416 e. The van der Waals surface area contributed by atoms with Crippen molar-refractivity contribution in [3.8, 4) is 5.75 Å². The highest BCUT2D eigenvalue weighted by molar-refractivity contribution is 5.84. The molecule has 1 aromatic rings. The number of carbonyl (C=O) groups is 2. The van der Waals surface area contributed by atoms with Gasteiger partial charge in [-0.15, -0.1) is 0 Å². The number of carboxylic acids is 1. The van der Waals surface area contributed by atoms with E-state index in [4.69, 9.17) is 9.84 Å². The molecule has 122 valence electrons. The van der Waals surface area contributed by atoms with E-state index in [2.05, 4.69) is 5.32 Å². The largest absolute Gasteiger partial charge is 0.484 e.